The van der Waals surface area contributed by atoms with Crippen molar-refractivity contribution in [3.8, 4) is 11.5 Å². The fourth-order valence-electron chi connectivity index (χ4n) is 3.90. The molecule has 2 aliphatic heterocycles. The van der Waals surface area contributed by atoms with Crippen molar-refractivity contribution < 1.29 is 27.4 Å². The molecule has 0 bridgehead atoms. The zero-order valence-electron chi connectivity index (χ0n) is 17.1. The van der Waals surface area contributed by atoms with Gasteiger partial charge in [0.05, 0.1) is 18.7 Å². The first-order valence-corrected chi connectivity index (χ1v) is 10.1. The molecular formula is C22H24F3N3O3. The highest BCUT2D eigenvalue weighted by Gasteiger charge is 2.31. The number of ether oxygens (including phenoxy) is 2. The average Bonchev–Trinajstić information content (AvgIpc) is 2.78. The number of alkyl halides is 3. The topological polar surface area (TPSA) is 54.0 Å². The van der Waals surface area contributed by atoms with Crippen LogP contribution in [0.5, 0.6) is 11.5 Å². The first kappa shape index (κ1) is 21.1. The summed E-state index contributed by atoms with van der Waals surface area (Å²) in [6.45, 7) is 2.18. The minimum atomic E-state index is -4.37. The lowest BCUT2D eigenvalue weighted by Gasteiger charge is -2.37. The lowest BCUT2D eigenvalue weighted by molar-refractivity contribution is -0.137. The Kier molecular flexibility index (Phi) is 5.84. The van der Waals surface area contributed by atoms with Gasteiger partial charge in [0, 0.05) is 31.9 Å². The van der Waals surface area contributed by atoms with E-state index in [1.54, 1.807) is 18.1 Å². The van der Waals surface area contributed by atoms with Gasteiger partial charge in [-0.3, -0.25) is 0 Å². The number of benzene rings is 2. The number of nitrogens with zero attached hydrogens (tertiary/aromatic N) is 2. The number of halogens is 3. The Morgan fingerprint density at radius 3 is 2.61 bits per heavy atom. The van der Waals surface area contributed by atoms with E-state index in [0.29, 0.717) is 44.9 Å². The van der Waals surface area contributed by atoms with Crippen molar-refractivity contribution in [3.05, 3.63) is 53.6 Å². The molecule has 0 aliphatic carbocycles. The largest absolute Gasteiger partial charge is 0.497 e. The molecule has 0 spiro atoms. The van der Waals surface area contributed by atoms with Crippen LogP contribution in [-0.4, -0.2) is 56.9 Å². The summed E-state index contributed by atoms with van der Waals surface area (Å²) in [6.07, 6.45) is -3.73. The number of hydrogen-bond acceptors (Lipinski definition) is 4. The maximum Gasteiger partial charge on any atom is 0.416 e. The van der Waals surface area contributed by atoms with Crippen LogP contribution < -0.4 is 19.7 Å². The van der Waals surface area contributed by atoms with Gasteiger partial charge in [-0.2, -0.15) is 13.2 Å². The Morgan fingerprint density at radius 1 is 1.13 bits per heavy atom. The molecular weight excluding hydrogens is 411 g/mol. The third kappa shape index (κ3) is 4.81. The Labute approximate surface area is 178 Å². The second kappa shape index (κ2) is 8.56. The fourth-order valence-corrected chi connectivity index (χ4v) is 3.90. The predicted molar refractivity (Wildman–Crippen MR) is 110 cm³/mol. The van der Waals surface area contributed by atoms with Gasteiger partial charge in [-0.05, 0) is 48.4 Å². The van der Waals surface area contributed by atoms with Crippen LogP contribution in [0.1, 0.15) is 11.1 Å². The van der Waals surface area contributed by atoms with Crippen LogP contribution in [0.15, 0.2) is 42.5 Å². The highest BCUT2D eigenvalue weighted by atomic mass is 19.4. The number of urea groups is 1. The molecule has 0 radical (unpaired) electrons. The van der Waals surface area contributed by atoms with Crippen LogP contribution in [0.2, 0.25) is 0 Å². The van der Waals surface area contributed by atoms with Crippen LogP contribution in [0, 0.1) is 0 Å². The monoisotopic (exact) mass is 435 g/mol. The summed E-state index contributed by atoms with van der Waals surface area (Å²) >= 11 is 0. The Hall–Kier alpha value is -3.10. The van der Waals surface area contributed by atoms with Crippen LogP contribution in [0.25, 0.3) is 0 Å². The zero-order chi connectivity index (χ0) is 22.0. The summed E-state index contributed by atoms with van der Waals surface area (Å²) in [5, 5.41) is 3.00. The summed E-state index contributed by atoms with van der Waals surface area (Å²) in [5.41, 5.74) is 0.825. The molecule has 0 saturated carbocycles. The lowest BCUT2D eigenvalue weighted by Crippen LogP contribution is -2.55. The van der Waals surface area contributed by atoms with Gasteiger partial charge >= 0.3 is 12.2 Å². The van der Waals surface area contributed by atoms with E-state index in [0.717, 1.165) is 29.2 Å². The average molecular weight is 435 g/mol. The normalized spacial score (nSPS) is 18.8. The molecule has 9 heteroatoms. The number of hydrogen-bond donors (Lipinski definition) is 1. The number of rotatable bonds is 3. The molecule has 2 aromatic carbocycles. The van der Waals surface area contributed by atoms with Gasteiger partial charge < -0.3 is 24.6 Å². The van der Waals surface area contributed by atoms with Crippen molar-refractivity contribution in [2.45, 2.75) is 18.6 Å². The van der Waals surface area contributed by atoms with Crippen molar-refractivity contribution in [2.75, 3.05) is 44.8 Å². The molecule has 6 nitrogen and oxygen atoms in total. The molecule has 166 valence electrons. The van der Waals surface area contributed by atoms with Crippen molar-refractivity contribution in [1.82, 2.24) is 10.2 Å². The van der Waals surface area contributed by atoms with Crippen molar-refractivity contribution in [3.63, 3.8) is 0 Å². The van der Waals surface area contributed by atoms with E-state index < -0.39 is 11.7 Å². The molecule has 2 heterocycles. The van der Waals surface area contributed by atoms with Crippen LogP contribution >= 0.6 is 0 Å². The van der Waals surface area contributed by atoms with Crippen molar-refractivity contribution >= 4 is 11.7 Å². The van der Waals surface area contributed by atoms with E-state index in [-0.39, 0.29) is 12.1 Å². The number of fused-ring (bicyclic) bond motifs is 1. The summed E-state index contributed by atoms with van der Waals surface area (Å²) in [4.78, 5) is 16.2. The number of carbonyl (C=O) groups is 1. The van der Waals surface area contributed by atoms with Gasteiger partial charge in [0.2, 0.25) is 0 Å². The van der Waals surface area contributed by atoms with Gasteiger partial charge in [-0.25, -0.2) is 4.79 Å². The Morgan fingerprint density at radius 2 is 1.90 bits per heavy atom. The van der Waals surface area contributed by atoms with Gasteiger partial charge in [-0.1, -0.05) is 6.07 Å². The molecule has 1 atom stereocenters. The zero-order valence-corrected chi connectivity index (χ0v) is 17.1. The van der Waals surface area contributed by atoms with Crippen LogP contribution in [-0.2, 0) is 12.6 Å². The number of carbonyl (C=O) groups excluding carboxylic acids is 1. The van der Waals surface area contributed by atoms with Gasteiger partial charge in [0.15, 0.2) is 0 Å². The lowest BCUT2D eigenvalue weighted by atomic mass is 10.0. The highest BCUT2D eigenvalue weighted by molar-refractivity contribution is 5.75. The minimum Gasteiger partial charge on any atom is -0.497 e. The number of nitrogens with one attached hydrogen (secondary N) is 1. The van der Waals surface area contributed by atoms with E-state index in [4.69, 9.17) is 9.47 Å². The second-order valence-electron chi connectivity index (χ2n) is 7.66. The van der Waals surface area contributed by atoms with Crippen LogP contribution in [0.3, 0.4) is 0 Å². The van der Waals surface area contributed by atoms with Crippen molar-refractivity contribution in [1.29, 1.82) is 0 Å². The third-order valence-electron chi connectivity index (χ3n) is 5.61. The summed E-state index contributed by atoms with van der Waals surface area (Å²) in [5.74, 6) is 1.53. The predicted octanol–water partition coefficient (Wildman–Crippen LogP) is 3.55. The molecule has 4 rings (SSSR count). The van der Waals surface area contributed by atoms with E-state index in [2.05, 4.69) is 5.32 Å². The number of anilines is 1. The first-order valence-electron chi connectivity index (χ1n) is 10.1. The molecule has 1 unspecified atom stereocenters. The first-order chi connectivity index (χ1) is 14.8. The van der Waals surface area contributed by atoms with Gasteiger partial charge in [0.25, 0.3) is 0 Å². The second-order valence-corrected chi connectivity index (χ2v) is 7.66. The molecule has 31 heavy (non-hydrogen) atoms. The molecule has 1 saturated heterocycles. The highest BCUT2D eigenvalue weighted by Crippen LogP contribution is 2.32. The molecule has 1 fully saturated rings. The van der Waals surface area contributed by atoms with Crippen molar-refractivity contribution in [2.24, 2.45) is 0 Å². The summed E-state index contributed by atoms with van der Waals surface area (Å²) < 4.78 is 49.9. The number of piperazine rings is 1. The molecule has 1 N–H and O–H groups in total. The maximum absolute atomic E-state index is 13.0. The third-order valence-corrected chi connectivity index (χ3v) is 5.61. The Bertz CT molecular complexity index is 943. The SMILES string of the molecule is COc1ccc2c(c1)CC(NC(=O)N1CCN(c3cccc(C(F)(F)F)c3)CC1)CO2. The maximum atomic E-state index is 13.0. The minimum absolute atomic E-state index is 0.159. The van der Waals surface area contributed by atoms with Crippen LogP contribution in [0.4, 0.5) is 23.7 Å². The van der Waals surface area contributed by atoms with E-state index >= 15 is 0 Å². The number of methoxy groups -OCH3 is 1. The van der Waals surface area contributed by atoms with Gasteiger partial charge in [0.1, 0.15) is 18.1 Å². The van der Waals surface area contributed by atoms with E-state index in [1.165, 1.54) is 6.07 Å². The standard InChI is InChI=1S/C22H24F3N3O3/c1-30-19-5-6-20-15(12-19)11-17(14-31-20)26-21(29)28-9-7-27(8-10-28)18-4-2-3-16(13-18)22(23,24)25/h2-6,12-13,17H,7-11,14H2,1H3,(H,26,29). The molecule has 2 aliphatic rings. The van der Waals surface area contributed by atoms with E-state index in [1.807, 2.05) is 23.1 Å². The number of amides is 2. The molecule has 2 aromatic rings. The molecule has 2 amide bonds. The molecule has 0 aromatic heterocycles. The quantitative estimate of drug-likeness (QED) is 0.801. The fraction of sp³-hybridized carbons (Fsp3) is 0.409. The summed E-state index contributed by atoms with van der Waals surface area (Å²) in [6, 6.07) is 10.5. The van der Waals surface area contributed by atoms with Gasteiger partial charge in [-0.15, -0.1) is 0 Å². The van der Waals surface area contributed by atoms with E-state index in [9.17, 15) is 18.0 Å². The summed E-state index contributed by atoms with van der Waals surface area (Å²) in [7, 11) is 1.60. The Balaban J connectivity index is 1.32. The smallest absolute Gasteiger partial charge is 0.416 e.